The summed E-state index contributed by atoms with van der Waals surface area (Å²) in [7, 11) is 2.72. The Hall–Kier alpha value is -4.48. The molecule has 2 rings (SSSR count). The lowest BCUT2D eigenvalue weighted by Gasteiger charge is -2.34. The lowest BCUT2D eigenvalue weighted by Crippen LogP contribution is -2.53. The molecule has 0 aromatic heterocycles. The molecule has 0 N–H and O–H groups in total. The first-order valence-corrected chi connectivity index (χ1v) is 18.4. The summed E-state index contributed by atoms with van der Waals surface area (Å²) in [6.45, 7) is 18.9. The number of rotatable bonds is 16. The topological polar surface area (TPSA) is 129 Å². The molecule has 2 amide bonds. The first kappa shape index (κ1) is 45.7. The van der Waals surface area contributed by atoms with Gasteiger partial charge in [-0.25, -0.2) is 23.6 Å². The van der Waals surface area contributed by atoms with E-state index in [1.165, 1.54) is 34.9 Å². The second-order valence-corrected chi connectivity index (χ2v) is 16.9. The van der Waals surface area contributed by atoms with Crippen LogP contribution in [-0.2, 0) is 56.6 Å². The Morgan fingerprint density at radius 2 is 1.26 bits per heavy atom. The number of ether oxygens (including phenoxy) is 4. The molecule has 4 unspecified atom stereocenters. The molecular weight excluding hydrogens is 695 g/mol. The van der Waals surface area contributed by atoms with Crippen molar-refractivity contribution in [3.8, 4) is 0 Å². The molecule has 0 radical (unpaired) electrons. The highest BCUT2D eigenvalue weighted by atomic mass is 19.1. The van der Waals surface area contributed by atoms with Gasteiger partial charge in [-0.05, 0) is 76.0 Å². The summed E-state index contributed by atoms with van der Waals surface area (Å²) in [5.41, 5.74) is -0.501. The van der Waals surface area contributed by atoms with Crippen molar-refractivity contribution in [3.05, 3.63) is 71.3 Å². The van der Waals surface area contributed by atoms with Crippen LogP contribution in [0.1, 0.15) is 106 Å². The second kappa shape index (κ2) is 19.2. The van der Waals surface area contributed by atoms with Gasteiger partial charge in [-0.1, -0.05) is 89.2 Å². The van der Waals surface area contributed by atoms with Crippen molar-refractivity contribution >= 4 is 29.9 Å². The maximum absolute atomic E-state index is 15.3. The average molecular weight is 757 g/mol. The monoisotopic (exact) mass is 756 g/mol. The highest BCUT2D eigenvalue weighted by molar-refractivity contribution is 5.90. The summed E-state index contributed by atoms with van der Waals surface area (Å²) < 4.78 is 37.5. The standard InChI is InChI=1S/C42H61FN2O9/c1-27(2)23-32(45(13)39(50)54-41(7,8)9)37(48)53-34(24-29-19-21-31(22-20-29)40(4,5)6)35(46)44(12)33(25-42(10,11)43)38(49)52-28(3)36(47)51-26-30-17-15-14-16-18-30/h14-22,27-28,32-34H,23-26H2,1-13H3. The number of hydrogen-bond donors (Lipinski definition) is 0. The number of carbonyl (C=O) groups excluding carboxylic acids is 5. The number of esters is 3. The minimum absolute atomic E-state index is 0.0500. The van der Waals surface area contributed by atoms with E-state index in [0.29, 0.717) is 5.56 Å². The number of amides is 2. The Kier molecular flexibility index (Phi) is 16.2. The number of carbonyl (C=O) groups is 5. The van der Waals surface area contributed by atoms with Crippen LogP contribution in [0.2, 0.25) is 0 Å². The smallest absolute Gasteiger partial charge is 0.410 e. The van der Waals surface area contributed by atoms with Gasteiger partial charge in [-0.3, -0.25) is 9.69 Å². The van der Waals surface area contributed by atoms with Gasteiger partial charge < -0.3 is 23.8 Å². The van der Waals surface area contributed by atoms with E-state index in [-0.39, 0.29) is 30.8 Å². The minimum atomic E-state index is -1.96. The maximum Gasteiger partial charge on any atom is 0.410 e. The van der Waals surface area contributed by atoms with Gasteiger partial charge in [-0.15, -0.1) is 0 Å². The van der Waals surface area contributed by atoms with Crippen molar-refractivity contribution in [2.75, 3.05) is 14.1 Å². The third kappa shape index (κ3) is 15.1. The van der Waals surface area contributed by atoms with Gasteiger partial charge in [0.25, 0.3) is 5.91 Å². The molecule has 0 aliphatic carbocycles. The lowest BCUT2D eigenvalue weighted by atomic mass is 9.86. The van der Waals surface area contributed by atoms with E-state index in [1.54, 1.807) is 45.0 Å². The Morgan fingerprint density at radius 3 is 1.76 bits per heavy atom. The molecule has 0 saturated carbocycles. The minimum Gasteiger partial charge on any atom is -0.458 e. The molecule has 0 aliphatic heterocycles. The van der Waals surface area contributed by atoms with Gasteiger partial charge in [0.2, 0.25) is 0 Å². The van der Waals surface area contributed by atoms with Crippen LogP contribution < -0.4 is 0 Å². The van der Waals surface area contributed by atoms with E-state index >= 15 is 4.39 Å². The average Bonchev–Trinajstić information content (AvgIpc) is 3.06. The van der Waals surface area contributed by atoms with Crippen molar-refractivity contribution < 1.29 is 47.3 Å². The maximum atomic E-state index is 15.3. The van der Waals surface area contributed by atoms with E-state index in [4.69, 9.17) is 18.9 Å². The molecule has 0 fully saturated rings. The molecule has 0 heterocycles. The molecule has 300 valence electrons. The predicted molar refractivity (Wildman–Crippen MR) is 204 cm³/mol. The van der Waals surface area contributed by atoms with Gasteiger partial charge in [0, 0.05) is 26.9 Å². The summed E-state index contributed by atoms with van der Waals surface area (Å²) in [6, 6.07) is 13.8. The zero-order valence-electron chi connectivity index (χ0n) is 34.4. The molecule has 4 atom stereocenters. The molecule has 0 bridgehead atoms. The lowest BCUT2D eigenvalue weighted by molar-refractivity contribution is -0.175. The van der Waals surface area contributed by atoms with Crippen molar-refractivity contribution in [2.45, 2.75) is 143 Å². The normalized spacial score (nSPS) is 14.3. The van der Waals surface area contributed by atoms with Gasteiger partial charge in [0.1, 0.15) is 30.0 Å². The van der Waals surface area contributed by atoms with Crippen LogP contribution in [0.3, 0.4) is 0 Å². The molecule has 12 heteroatoms. The fraction of sp³-hybridized carbons (Fsp3) is 0.595. The number of halogens is 1. The van der Waals surface area contributed by atoms with E-state index in [2.05, 4.69) is 20.8 Å². The highest BCUT2D eigenvalue weighted by Gasteiger charge is 2.41. The molecular formula is C42H61FN2O9. The zero-order chi connectivity index (χ0) is 41.2. The summed E-state index contributed by atoms with van der Waals surface area (Å²) in [5, 5.41) is 0. The van der Waals surface area contributed by atoms with Crippen LogP contribution in [0.25, 0.3) is 0 Å². The van der Waals surface area contributed by atoms with E-state index < -0.39 is 71.9 Å². The Morgan fingerprint density at radius 1 is 0.704 bits per heavy atom. The largest absolute Gasteiger partial charge is 0.458 e. The van der Waals surface area contributed by atoms with Gasteiger partial charge in [-0.2, -0.15) is 0 Å². The van der Waals surface area contributed by atoms with E-state index in [1.807, 2.05) is 44.2 Å². The summed E-state index contributed by atoms with van der Waals surface area (Å²) in [6.07, 6.45) is -3.98. The number of nitrogens with zero attached hydrogens (tertiary/aromatic N) is 2. The Bertz CT molecular complexity index is 1560. The third-order valence-corrected chi connectivity index (χ3v) is 8.51. The number of likely N-dealkylation sites (N-methyl/N-ethyl adjacent to an activating group) is 2. The van der Waals surface area contributed by atoms with Crippen molar-refractivity contribution in [3.63, 3.8) is 0 Å². The number of hydrogen-bond acceptors (Lipinski definition) is 9. The third-order valence-electron chi connectivity index (χ3n) is 8.51. The van der Waals surface area contributed by atoms with Crippen LogP contribution in [0.15, 0.2) is 54.6 Å². The Balaban J connectivity index is 2.46. The van der Waals surface area contributed by atoms with Gasteiger partial charge in [0.05, 0.1) is 0 Å². The van der Waals surface area contributed by atoms with E-state index in [0.717, 1.165) is 20.9 Å². The summed E-state index contributed by atoms with van der Waals surface area (Å²) in [4.78, 5) is 70.0. The van der Waals surface area contributed by atoms with E-state index in [9.17, 15) is 24.0 Å². The molecule has 54 heavy (non-hydrogen) atoms. The first-order chi connectivity index (χ1) is 24.8. The summed E-state index contributed by atoms with van der Waals surface area (Å²) >= 11 is 0. The van der Waals surface area contributed by atoms with Gasteiger partial charge >= 0.3 is 24.0 Å². The van der Waals surface area contributed by atoms with Crippen LogP contribution >= 0.6 is 0 Å². The first-order valence-electron chi connectivity index (χ1n) is 18.4. The fourth-order valence-electron chi connectivity index (χ4n) is 5.44. The fourth-order valence-corrected chi connectivity index (χ4v) is 5.44. The van der Waals surface area contributed by atoms with Gasteiger partial charge in [0.15, 0.2) is 12.2 Å². The SMILES string of the molecule is CC(C)CC(C(=O)OC(Cc1ccc(C(C)(C)C)cc1)C(=O)N(C)C(CC(C)(C)F)C(=O)OC(C)C(=O)OCc1ccccc1)N(C)C(=O)OC(C)(C)C. The molecule has 0 spiro atoms. The number of alkyl halides is 1. The highest BCUT2D eigenvalue weighted by Crippen LogP contribution is 2.26. The van der Waals surface area contributed by atoms with Crippen LogP contribution in [0.5, 0.6) is 0 Å². The quantitative estimate of drug-likeness (QED) is 0.128. The number of benzene rings is 2. The summed E-state index contributed by atoms with van der Waals surface area (Å²) in [5.74, 6) is -3.58. The molecule has 0 saturated heterocycles. The second-order valence-electron chi connectivity index (χ2n) is 16.9. The molecule has 2 aromatic carbocycles. The predicted octanol–water partition coefficient (Wildman–Crippen LogP) is 7.36. The van der Waals surface area contributed by atoms with Crippen molar-refractivity contribution in [2.24, 2.45) is 5.92 Å². The van der Waals surface area contributed by atoms with Crippen LogP contribution in [0, 0.1) is 5.92 Å². The van der Waals surface area contributed by atoms with Crippen molar-refractivity contribution in [1.29, 1.82) is 0 Å². The Labute approximate surface area is 320 Å². The van der Waals surface area contributed by atoms with Crippen LogP contribution in [0.4, 0.5) is 9.18 Å². The van der Waals surface area contributed by atoms with Crippen molar-refractivity contribution in [1.82, 2.24) is 9.80 Å². The zero-order valence-corrected chi connectivity index (χ0v) is 34.4. The molecule has 0 aliphatic rings. The molecule has 2 aromatic rings. The molecule has 11 nitrogen and oxygen atoms in total. The van der Waals surface area contributed by atoms with Crippen LogP contribution in [-0.4, -0.2) is 89.4 Å².